The van der Waals surface area contributed by atoms with Gasteiger partial charge in [0.05, 0.1) is 0 Å². The Hall–Kier alpha value is -6.38. The molecule has 2 nitrogen and oxygen atoms in total. The second-order valence-corrected chi connectivity index (χ2v) is 11.2. The van der Waals surface area contributed by atoms with Crippen molar-refractivity contribution in [3.8, 4) is 11.1 Å². The largest absolute Gasteiger partial charge is 0.311 e. The maximum Gasteiger partial charge on any atom is 0.0462 e. The van der Waals surface area contributed by atoms with E-state index in [2.05, 4.69) is 193 Å². The van der Waals surface area contributed by atoms with Gasteiger partial charge in [-0.05, 0) is 95.1 Å². The number of para-hydroxylation sites is 3. The van der Waals surface area contributed by atoms with Gasteiger partial charge >= 0.3 is 0 Å². The Labute approximate surface area is 284 Å². The van der Waals surface area contributed by atoms with Crippen LogP contribution >= 0.6 is 0 Å². The van der Waals surface area contributed by atoms with Crippen LogP contribution in [0.25, 0.3) is 23.3 Å². The summed E-state index contributed by atoms with van der Waals surface area (Å²) in [5.41, 5.74) is 11.5. The normalized spacial score (nSPS) is 10.2. The van der Waals surface area contributed by atoms with Crippen molar-refractivity contribution in [2.75, 3.05) is 9.80 Å². The Balaban J connectivity index is 0.000000173. The third-order valence-corrected chi connectivity index (χ3v) is 8.05. The molecule has 7 rings (SSSR count). The molecule has 0 saturated carbocycles. The van der Waals surface area contributed by atoms with Crippen molar-refractivity contribution < 1.29 is 0 Å². The highest BCUT2D eigenvalue weighted by atomic mass is 15.1. The first-order valence-corrected chi connectivity index (χ1v) is 16.1. The van der Waals surface area contributed by atoms with Crippen LogP contribution in [0.4, 0.5) is 34.1 Å². The fraction of sp³-hybridized carbons (Fsp3) is 0. The molecule has 7 aromatic rings. The van der Waals surface area contributed by atoms with Gasteiger partial charge in [-0.2, -0.15) is 0 Å². The molecular formula is C46H38N2. The summed E-state index contributed by atoms with van der Waals surface area (Å²) in [5.74, 6) is 0. The number of hydrogen-bond acceptors (Lipinski definition) is 2. The van der Waals surface area contributed by atoms with E-state index in [1.54, 1.807) is 0 Å². The summed E-state index contributed by atoms with van der Waals surface area (Å²) in [5, 5.41) is 0. The first-order valence-electron chi connectivity index (χ1n) is 16.1. The summed E-state index contributed by atoms with van der Waals surface area (Å²) in [6.45, 7) is 7.65. The van der Waals surface area contributed by atoms with Gasteiger partial charge in [0.2, 0.25) is 0 Å². The lowest BCUT2D eigenvalue weighted by atomic mass is 10.0. The van der Waals surface area contributed by atoms with Gasteiger partial charge in [-0.1, -0.05) is 147 Å². The minimum absolute atomic E-state index is 1.12. The summed E-state index contributed by atoms with van der Waals surface area (Å²) < 4.78 is 0. The summed E-state index contributed by atoms with van der Waals surface area (Å²) >= 11 is 0. The molecule has 0 unspecified atom stereocenters. The number of hydrogen-bond donors (Lipinski definition) is 0. The number of benzene rings is 7. The molecule has 0 radical (unpaired) electrons. The Morgan fingerprint density at radius 2 is 0.521 bits per heavy atom. The molecule has 0 N–H and O–H groups in total. The highest BCUT2D eigenvalue weighted by molar-refractivity contribution is 5.79. The van der Waals surface area contributed by atoms with Crippen molar-refractivity contribution >= 4 is 46.3 Å². The predicted molar refractivity (Wildman–Crippen MR) is 208 cm³/mol. The lowest BCUT2D eigenvalue weighted by molar-refractivity contribution is 1.28. The molecule has 0 spiro atoms. The molecule has 0 amide bonds. The molecule has 0 heterocycles. The third kappa shape index (κ3) is 7.70. The Morgan fingerprint density at radius 3 is 0.833 bits per heavy atom. The van der Waals surface area contributed by atoms with Crippen molar-refractivity contribution in [2.45, 2.75) is 0 Å². The molecule has 7 aromatic carbocycles. The molecule has 0 aliphatic carbocycles. The molecule has 0 atom stereocenters. The second-order valence-electron chi connectivity index (χ2n) is 11.2. The zero-order valence-electron chi connectivity index (χ0n) is 26.9. The van der Waals surface area contributed by atoms with Crippen LogP contribution in [-0.2, 0) is 0 Å². The monoisotopic (exact) mass is 618 g/mol. The lowest BCUT2D eigenvalue weighted by Gasteiger charge is -2.25. The van der Waals surface area contributed by atoms with E-state index >= 15 is 0 Å². The summed E-state index contributed by atoms with van der Waals surface area (Å²) in [7, 11) is 0. The van der Waals surface area contributed by atoms with Crippen LogP contribution in [0, 0.1) is 0 Å². The average molecular weight is 619 g/mol. The average Bonchev–Trinajstić information content (AvgIpc) is 3.18. The van der Waals surface area contributed by atoms with Crippen LogP contribution in [0.1, 0.15) is 11.1 Å². The molecule has 0 aromatic heterocycles. The van der Waals surface area contributed by atoms with Gasteiger partial charge in [-0.15, -0.1) is 0 Å². The quantitative estimate of drug-likeness (QED) is 0.159. The van der Waals surface area contributed by atoms with Crippen LogP contribution in [-0.4, -0.2) is 0 Å². The molecule has 232 valence electrons. The van der Waals surface area contributed by atoms with Crippen molar-refractivity contribution in [3.05, 3.63) is 218 Å². The first kappa shape index (κ1) is 31.6. The van der Waals surface area contributed by atoms with Gasteiger partial charge in [0.1, 0.15) is 0 Å². The Kier molecular flexibility index (Phi) is 10.4. The van der Waals surface area contributed by atoms with Crippen LogP contribution in [0.2, 0.25) is 0 Å². The Morgan fingerprint density at radius 1 is 0.271 bits per heavy atom. The van der Waals surface area contributed by atoms with Crippen LogP contribution in [0.15, 0.2) is 207 Å². The first-order chi connectivity index (χ1) is 23.7. The van der Waals surface area contributed by atoms with Crippen LogP contribution in [0.5, 0.6) is 0 Å². The minimum atomic E-state index is 1.12. The fourth-order valence-corrected chi connectivity index (χ4v) is 5.58. The summed E-state index contributed by atoms with van der Waals surface area (Å²) in [4.78, 5) is 4.51. The van der Waals surface area contributed by atoms with Gasteiger partial charge in [-0.3, -0.25) is 0 Å². The van der Waals surface area contributed by atoms with E-state index in [0.717, 1.165) is 45.3 Å². The molecule has 2 heteroatoms. The van der Waals surface area contributed by atoms with E-state index < -0.39 is 0 Å². The van der Waals surface area contributed by atoms with Gasteiger partial charge in [-0.25, -0.2) is 0 Å². The fourth-order valence-electron chi connectivity index (χ4n) is 5.58. The lowest BCUT2D eigenvalue weighted by Crippen LogP contribution is -2.09. The van der Waals surface area contributed by atoms with E-state index in [4.69, 9.17) is 0 Å². The molecule has 0 aliphatic rings. The van der Waals surface area contributed by atoms with E-state index in [1.165, 1.54) is 11.1 Å². The summed E-state index contributed by atoms with van der Waals surface area (Å²) in [6, 6.07) is 67.3. The molecule has 0 bridgehead atoms. The van der Waals surface area contributed by atoms with Crippen LogP contribution < -0.4 is 9.80 Å². The smallest absolute Gasteiger partial charge is 0.0462 e. The molecular weight excluding hydrogens is 581 g/mol. The maximum absolute atomic E-state index is 3.85. The van der Waals surface area contributed by atoms with E-state index in [-0.39, 0.29) is 0 Å². The van der Waals surface area contributed by atoms with Crippen molar-refractivity contribution in [3.63, 3.8) is 0 Å². The van der Waals surface area contributed by atoms with Crippen molar-refractivity contribution in [2.24, 2.45) is 0 Å². The van der Waals surface area contributed by atoms with Gasteiger partial charge < -0.3 is 9.80 Å². The molecule has 0 fully saturated rings. The zero-order valence-corrected chi connectivity index (χ0v) is 26.9. The van der Waals surface area contributed by atoms with Crippen molar-refractivity contribution in [1.82, 2.24) is 0 Å². The highest BCUT2D eigenvalue weighted by Crippen LogP contribution is 2.36. The van der Waals surface area contributed by atoms with Gasteiger partial charge in [0, 0.05) is 34.1 Å². The minimum Gasteiger partial charge on any atom is -0.311 e. The SMILES string of the molecule is C=Cc1ccc(N(c2ccccc2)c2ccc(-c3ccccc3)cc2)cc1.C=Cc1ccc(N(c2ccccc2)c2ccccc2)cc1. The Bertz CT molecular complexity index is 1960. The van der Waals surface area contributed by atoms with Gasteiger partial charge in [0.15, 0.2) is 0 Å². The maximum atomic E-state index is 3.85. The third-order valence-electron chi connectivity index (χ3n) is 8.05. The molecule has 0 saturated heterocycles. The zero-order chi connectivity index (χ0) is 33.0. The standard InChI is InChI=1S/C26H21N.C20H17N/c1-2-21-13-17-25(18-14-21)27(24-11-7-4-8-12-24)26-19-15-23(16-20-26)22-9-5-3-6-10-22;1-2-17-13-15-20(16-14-17)21(18-9-5-3-6-10-18)19-11-7-4-8-12-19/h2-20H,1H2;2-16H,1H2. The number of anilines is 6. The molecule has 48 heavy (non-hydrogen) atoms. The number of nitrogens with zero attached hydrogens (tertiary/aromatic N) is 2. The summed E-state index contributed by atoms with van der Waals surface area (Å²) in [6.07, 6.45) is 3.73. The van der Waals surface area contributed by atoms with E-state index in [0.29, 0.717) is 0 Å². The van der Waals surface area contributed by atoms with Gasteiger partial charge in [0.25, 0.3) is 0 Å². The van der Waals surface area contributed by atoms with E-state index in [1.807, 2.05) is 36.4 Å². The van der Waals surface area contributed by atoms with E-state index in [9.17, 15) is 0 Å². The van der Waals surface area contributed by atoms with Crippen LogP contribution in [0.3, 0.4) is 0 Å². The van der Waals surface area contributed by atoms with Crippen molar-refractivity contribution in [1.29, 1.82) is 0 Å². The topological polar surface area (TPSA) is 6.48 Å². The number of rotatable bonds is 9. The second kappa shape index (κ2) is 15.8. The molecule has 0 aliphatic heterocycles. The highest BCUT2D eigenvalue weighted by Gasteiger charge is 2.13. The predicted octanol–water partition coefficient (Wildman–Crippen LogP) is 13.3.